The number of fused-ring (bicyclic) bond motifs is 2. The van der Waals surface area contributed by atoms with Crippen LogP contribution in [0.15, 0.2) is 45.4 Å². The number of carbonyl (C=O) groups is 1. The van der Waals surface area contributed by atoms with Gasteiger partial charge in [0.2, 0.25) is 0 Å². The van der Waals surface area contributed by atoms with Gasteiger partial charge < -0.3 is 4.74 Å². The van der Waals surface area contributed by atoms with E-state index in [4.69, 9.17) is 4.74 Å². The minimum atomic E-state index is -0.420. The summed E-state index contributed by atoms with van der Waals surface area (Å²) >= 11 is 2.66. The number of hydrogen-bond acceptors (Lipinski definition) is 7. The number of benzene rings is 1. The quantitative estimate of drug-likeness (QED) is 0.511. The number of aryl methyl sites for hydroxylation is 1. The van der Waals surface area contributed by atoms with Gasteiger partial charge in [0.05, 0.1) is 17.7 Å². The number of carbonyl (C=O) groups excluding carboxylic acids is 1. The van der Waals surface area contributed by atoms with Gasteiger partial charge in [-0.3, -0.25) is 4.79 Å². The summed E-state index contributed by atoms with van der Waals surface area (Å²) in [4.78, 5) is 30.7. The summed E-state index contributed by atoms with van der Waals surface area (Å²) in [5, 5.41) is 5.49. The van der Waals surface area contributed by atoms with Crippen molar-refractivity contribution < 1.29 is 9.53 Å². The van der Waals surface area contributed by atoms with Gasteiger partial charge in [0.1, 0.15) is 9.71 Å². The van der Waals surface area contributed by atoms with Crippen LogP contribution in [-0.4, -0.2) is 33.7 Å². The molecule has 0 unspecified atom stereocenters. The third-order valence-electron chi connectivity index (χ3n) is 4.04. The lowest BCUT2D eigenvalue weighted by atomic mass is 10.1. The zero-order valence-electron chi connectivity index (χ0n) is 14.2. The number of rotatable bonds is 3. The molecule has 8 heteroatoms. The van der Waals surface area contributed by atoms with Gasteiger partial charge in [-0.2, -0.15) is 9.78 Å². The summed E-state index contributed by atoms with van der Waals surface area (Å²) in [5.41, 5.74) is 2.15. The molecular formula is C18H15N3O3S2. The molecule has 0 amide bonds. The molecule has 132 valence electrons. The van der Waals surface area contributed by atoms with Gasteiger partial charge in [-0.1, -0.05) is 42.1 Å². The van der Waals surface area contributed by atoms with Gasteiger partial charge in [0.25, 0.3) is 5.56 Å². The second-order valence-electron chi connectivity index (χ2n) is 5.67. The van der Waals surface area contributed by atoms with Crippen molar-refractivity contribution in [2.24, 2.45) is 5.10 Å². The van der Waals surface area contributed by atoms with Crippen molar-refractivity contribution in [1.29, 1.82) is 0 Å². The molecule has 4 rings (SSSR count). The van der Waals surface area contributed by atoms with Gasteiger partial charge in [-0.15, -0.1) is 11.3 Å². The highest BCUT2D eigenvalue weighted by Crippen LogP contribution is 2.31. The number of hydrogen-bond donors (Lipinski definition) is 0. The Hall–Kier alpha value is -2.45. The second kappa shape index (κ2) is 6.69. The molecule has 3 aromatic rings. The molecule has 0 saturated carbocycles. The topological polar surface area (TPSA) is 73.5 Å². The fourth-order valence-corrected chi connectivity index (χ4v) is 4.80. The predicted octanol–water partition coefficient (Wildman–Crippen LogP) is 3.30. The standard InChI is InChI=1S/C18H15N3O3S2/c1-3-24-17(23)14-10(2)13-15(26-14)19-18-21(16(13)22)20-12(9-25-18)11-7-5-4-6-8-11/h4-8H,3,9H2,1-2H3. The molecule has 3 heterocycles. The summed E-state index contributed by atoms with van der Waals surface area (Å²) in [6.07, 6.45) is 0. The van der Waals surface area contributed by atoms with Crippen LogP contribution in [0.3, 0.4) is 0 Å². The highest BCUT2D eigenvalue weighted by Gasteiger charge is 2.24. The zero-order chi connectivity index (χ0) is 18.3. The van der Waals surface area contributed by atoms with Crippen molar-refractivity contribution >= 4 is 45.0 Å². The lowest BCUT2D eigenvalue weighted by Crippen LogP contribution is -2.25. The Morgan fingerprint density at radius 1 is 1.31 bits per heavy atom. The van der Waals surface area contributed by atoms with Gasteiger partial charge in [0, 0.05) is 5.75 Å². The Kier molecular flexibility index (Phi) is 4.37. The molecule has 1 aliphatic heterocycles. The van der Waals surface area contributed by atoms with Crippen LogP contribution in [0.5, 0.6) is 0 Å². The van der Waals surface area contributed by atoms with E-state index in [0.29, 0.717) is 31.6 Å². The monoisotopic (exact) mass is 385 g/mol. The molecule has 6 nitrogen and oxygen atoms in total. The number of nitrogens with zero attached hydrogens (tertiary/aromatic N) is 3. The van der Waals surface area contributed by atoms with E-state index in [-0.39, 0.29) is 12.2 Å². The maximum atomic E-state index is 13.0. The Balaban J connectivity index is 1.89. The fourth-order valence-electron chi connectivity index (χ4n) is 2.78. The average Bonchev–Trinajstić information content (AvgIpc) is 2.99. The minimum absolute atomic E-state index is 0.255. The van der Waals surface area contributed by atoms with Crippen molar-refractivity contribution in [2.75, 3.05) is 12.4 Å². The summed E-state index contributed by atoms with van der Waals surface area (Å²) < 4.78 is 6.42. The molecular weight excluding hydrogens is 370 g/mol. The lowest BCUT2D eigenvalue weighted by Gasteiger charge is -2.15. The van der Waals surface area contributed by atoms with E-state index in [1.807, 2.05) is 30.3 Å². The van der Waals surface area contributed by atoms with E-state index in [2.05, 4.69) is 10.1 Å². The maximum Gasteiger partial charge on any atom is 0.348 e. The van der Waals surface area contributed by atoms with Gasteiger partial charge in [-0.05, 0) is 25.0 Å². The summed E-state index contributed by atoms with van der Waals surface area (Å²) in [5.74, 6) is 0.216. The van der Waals surface area contributed by atoms with E-state index in [9.17, 15) is 9.59 Å². The van der Waals surface area contributed by atoms with Crippen LogP contribution in [0.25, 0.3) is 10.2 Å². The fraction of sp³-hybridized carbons (Fsp3) is 0.222. The molecule has 0 saturated heterocycles. The maximum absolute atomic E-state index is 13.0. The largest absolute Gasteiger partial charge is 0.462 e. The van der Waals surface area contributed by atoms with Crippen molar-refractivity contribution in [2.45, 2.75) is 19.0 Å². The number of thiophene rings is 1. The number of esters is 1. The second-order valence-corrected chi connectivity index (χ2v) is 7.61. The lowest BCUT2D eigenvalue weighted by molar-refractivity contribution is 0.0531. The smallest absolute Gasteiger partial charge is 0.348 e. The third kappa shape index (κ3) is 2.75. The Morgan fingerprint density at radius 2 is 2.08 bits per heavy atom. The van der Waals surface area contributed by atoms with Crippen molar-refractivity contribution in [3.63, 3.8) is 0 Å². The first-order chi connectivity index (χ1) is 12.6. The normalized spacial score (nSPS) is 13.4. The van der Waals surface area contributed by atoms with Crippen LogP contribution in [0.2, 0.25) is 0 Å². The summed E-state index contributed by atoms with van der Waals surface area (Å²) in [7, 11) is 0. The molecule has 1 aliphatic rings. The first kappa shape index (κ1) is 17.0. The van der Waals surface area contributed by atoms with E-state index in [1.54, 1.807) is 13.8 Å². The molecule has 0 radical (unpaired) electrons. The van der Waals surface area contributed by atoms with E-state index in [1.165, 1.54) is 27.8 Å². The van der Waals surface area contributed by atoms with E-state index < -0.39 is 5.97 Å². The van der Waals surface area contributed by atoms with Gasteiger partial charge in [-0.25, -0.2) is 9.78 Å². The first-order valence-corrected chi connectivity index (χ1v) is 9.89. The van der Waals surface area contributed by atoms with Crippen molar-refractivity contribution in [3.05, 3.63) is 56.7 Å². The molecule has 1 aromatic carbocycles. The van der Waals surface area contributed by atoms with Crippen LogP contribution in [0.4, 0.5) is 0 Å². The highest BCUT2D eigenvalue weighted by molar-refractivity contribution is 7.99. The first-order valence-electron chi connectivity index (χ1n) is 8.09. The molecule has 2 aromatic heterocycles. The van der Waals surface area contributed by atoms with Crippen molar-refractivity contribution in [3.8, 4) is 0 Å². The van der Waals surface area contributed by atoms with Crippen LogP contribution in [0, 0.1) is 6.92 Å². The number of thioether (sulfide) groups is 1. The van der Waals surface area contributed by atoms with Crippen LogP contribution < -0.4 is 5.56 Å². The SMILES string of the molecule is CCOC(=O)c1sc2nc3n(c(=O)c2c1C)N=C(c1ccccc1)CS3. The Labute approximate surface area is 157 Å². The van der Waals surface area contributed by atoms with Gasteiger partial charge >= 0.3 is 5.97 Å². The van der Waals surface area contributed by atoms with Crippen molar-refractivity contribution in [1.82, 2.24) is 9.66 Å². The Bertz CT molecular complexity index is 1100. The van der Waals surface area contributed by atoms with Crippen LogP contribution >= 0.6 is 23.1 Å². The Morgan fingerprint density at radius 3 is 2.81 bits per heavy atom. The highest BCUT2D eigenvalue weighted by atomic mass is 32.2. The van der Waals surface area contributed by atoms with E-state index >= 15 is 0 Å². The molecule has 0 bridgehead atoms. The molecule has 0 spiro atoms. The van der Waals surface area contributed by atoms with Crippen LogP contribution in [-0.2, 0) is 4.74 Å². The van der Waals surface area contributed by atoms with Crippen LogP contribution in [0.1, 0.15) is 27.7 Å². The summed E-state index contributed by atoms with van der Waals surface area (Å²) in [6.45, 7) is 3.79. The minimum Gasteiger partial charge on any atom is -0.462 e. The summed E-state index contributed by atoms with van der Waals surface area (Å²) in [6, 6.07) is 9.76. The molecule has 0 aliphatic carbocycles. The third-order valence-corrected chi connectivity index (χ3v) is 6.15. The predicted molar refractivity (Wildman–Crippen MR) is 104 cm³/mol. The zero-order valence-corrected chi connectivity index (χ0v) is 15.8. The average molecular weight is 385 g/mol. The molecule has 0 atom stereocenters. The van der Waals surface area contributed by atoms with E-state index in [0.717, 1.165) is 11.3 Å². The number of ether oxygens (including phenoxy) is 1. The molecule has 26 heavy (non-hydrogen) atoms. The molecule has 0 N–H and O–H groups in total. The van der Waals surface area contributed by atoms with Gasteiger partial charge in [0.15, 0.2) is 5.16 Å². The molecule has 0 fully saturated rings. The number of aromatic nitrogens is 2.